The molecular formula is C23H26N4O2. The third kappa shape index (κ3) is 4.90. The van der Waals surface area contributed by atoms with E-state index in [4.69, 9.17) is 4.74 Å². The molecule has 29 heavy (non-hydrogen) atoms. The number of nitrogens with one attached hydrogen (secondary N) is 2. The minimum Gasteiger partial charge on any atom is -0.495 e. The summed E-state index contributed by atoms with van der Waals surface area (Å²) in [6.07, 6.45) is 0. The highest BCUT2D eigenvalue weighted by atomic mass is 16.5. The molecule has 2 aromatic carbocycles. The van der Waals surface area contributed by atoms with Crippen LogP contribution < -0.4 is 15.4 Å². The average Bonchev–Trinajstić information content (AvgIpc) is 2.68. The van der Waals surface area contributed by atoms with Crippen molar-refractivity contribution in [1.82, 2.24) is 9.97 Å². The first kappa shape index (κ1) is 20.3. The maximum atomic E-state index is 12.8. The highest BCUT2D eigenvalue weighted by Gasteiger charge is 2.14. The summed E-state index contributed by atoms with van der Waals surface area (Å²) in [4.78, 5) is 21.6. The maximum Gasteiger partial charge on any atom is 0.274 e. The number of aryl methyl sites for hydroxylation is 2. The van der Waals surface area contributed by atoms with Gasteiger partial charge in [-0.05, 0) is 49.1 Å². The van der Waals surface area contributed by atoms with E-state index in [1.807, 2.05) is 43.3 Å². The van der Waals surface area contributed by atoms with Crippen molar-refractivity contribution in [2.75, 3.05) is 17.7 Å². The molecule has 0 spiro atoms. The fourth-order valence-electron chi connectivity index (χ4n) is 3.11. The Bertz CT molecular complexity index is 1030. The molecule has 3 rings (SSSR count). The molecule has 6 nitrogen and oxygen atoms in total. The van der Waals surface area contributed by atoms with Gasteiger partial charge in [0.05, 0.1) is 12.8 Å². The van der Waals surface area contributed by atoms with Crippen molar-refractivity contribution < 1.29 is 9.53 Å². The Hall–Kier alpha value is -3.41. The fraction of sp³-hybridized carbons (Fsp3) is 0.261. The lowest BCUT2D eigenvalue weighted by Gasteiger charge is -2.15. The Labute approximate surface area is 171 Å². The van der Waals surface area contributed by atoms with Crippen molar-refractivity contribution in [2.24, 2.45) is 0 Å². The SMILES string of the molecule is COc1ccc(C)cc1NC(=O)c1cc(Nc2ccccc2C(C)C)nc(C)n1. The van der Waals surface area contributed by atoms with Crippen molar-refractivity contribution in [3.8, 4) is 5.75 Å². The summed E-state index contributed by atoms with van der Waals surface area (Å²) >= 11 is 0. The van der Waals surface area contributed by atoms with Crippen molar-refractivity contribution in [1.29, 1.82) is 0 Å². The van der Waals surface area contributed by atoms with Crippen LogP contribution in [0.15, 0.2) is 48.5 Å². The Morgan fingerprint density at radius 1 is 1.00 bits per heavy atom. The highest BCUT2D eigenvalue weighted by Crippen LogP contribution is 2.28. The van der Waals surface area contributed by atoms with E-state index in [0.717, 1.165) is 11.3 Å². The third-order valence-corrected chi connectivity index (χ3v) is 4.52. The van der Waals surface area contributed by atoms with Crippen LogP contribution in [0.2, 0.25) is 0 Å². The zero-order chi connectivity index (χ0) is 21.0. The molecule has 1 heterocycles. The molecule has 0 fully saturated rings. The van der Waals surface area contributed by atoms with E-state index < -0.39 is 0 Å². The number of methoxy groups -OCH3 is 1. The summed E-state index contributed by atoms with van der Waals surface area (Å²) in [5, 5.41) is 6.21. The van der Waals surface area contributed by atoms with Crippen molar-refractivity contribution in [3.05, 3.63) is 71.2 Å². The predicted octanol–water partition coefficient (Wildman–Crippen LogP) is 5.22. The first-order valence-electron chi connectivity index (χ1n) is 9.55. The summed E-state index contributed by atoms with van der Waals surface area (Å²) in [5.74, 6) is 1.72. The van der Waals surface area contributed by atoms with Gasteiger partial charge in [0.1, 0.15) is 23.1 Å². The van der Waals surface area contributed by atoms with Crippen LogP contribution in [0.4, 0.5) is 17.2 Å². The summed E-state index contributed by atoms with van der Waals surface area (Å²) in [7, 11) is 1.57. The van der Waals surface area contributed by atoms with Crippen LogP contribution >= 0.6 is 0 Å². The van der Waals surface area contributed by atoms with E-state index in [0.29, 0.717) is 29.0 Å². The second-order valence-electron chi connectivity index (χ2n) is 7.21. The molecular weight excluding hydrogens is 364 g/mol. The zero-order valence-corrected chi connectivity index (χ0v) is 17.4. The molecule has 0 bridgehead atoms. The summed E-state index contributed by atoms with van der Waals surface area (Å²) in [5.41, 5.74) is 4.05. The first-order chi connectivity index (χ1) is 13.9. The lowest BCUT2D eigenvalue weighted by Crippen LogP contribution is -2.16. The van der Waals surface area contributed by atoms with Gasteiger partial charge in [-0.1, -0.05) is 38.1 Å². The van der Waals surface area contributed by atoms with Gasteiger partial charge >= 0.3 is 0 Å². The van der Waals surface area contributed by atoms with E-state index >= 15 is 0 Å². The van der Waals surface area contributed by atoms with E-state index in [-0.39, 0.29) is 11.6 Å². The van der Waals surface area contributed by atoms with Crippen molar-refractivity contribution in [3.63, 3.8) is 0 Å². The molecule has 3 aromatic rings. The third-order valence-electron chi connectivity index (χ3n) is 4.52. The zero-order valence-electron chi connectivity index (χ0n) is 17.4. The molecule has 0 aliphatic rings. The number of rotatable bonds is 6. The van der Waals surface area contributed by atoms with Gasteiger partial charge in [-0.2, -0.15) is 0 Å². The Morgan fingerprint density at radius 2 is 1.76 bits per heavy atom. The largest absolute Gasteiger partial charge is 0.495 e. The van der Waals surface area contributed by atoms with Gasteiger partial charge in [-0.25, -0.2) is 9.97 Å². The minimum absolute atomic E-state index is 0.283. The van der Waals surface area contributed by atoms with Gasteiger partial charge in [-0.15, -0.1) is 0 Å². The van der Waals surface area contributed by atoms with Gasteiger partial charge in [-0.3, -0.25) is 4.79 Å². The molecule has 0 saturated carbocycles. The average molecular weight is 390 g/mol. The molecule has 0 atom stereocenters. The number of benzene rings is 2. The summed E-state index contributed by atoms with van der Waals surface area (Å²) in [6, 6.07) is 15.3. The molecule has 0 saturated heterocycles. The number of ether oxygens (including phenoxy) is 1. The normalized spacial score (nSPS) is 10.7. The standard InChI is InChI=1S/C23H26N4O2/c1-14(2)17-8-6-7-9-18(17)26-22-13-20(24-16(4)25-22)23(28)27-19-12-15(3)10-11-21(19)29-5/h6-14H,1-5H3,(H,27,28)(H,24,25,26). The number of aromatic nitrogens is 2. The van der Waals surface area contributed by atoms with Crippen molar-refractivity contribution >= 4 is 23.1 Å². The highest BCUT2D eigenvalue weighted by molar-refractivity contribution is 6.04. The quantitative estimate of drug-likeness (QED) is 0.603. The van der Waals surface area contributed by atoms with E-state index in [9.17, 15) is 4.79 Å². The predicted molar refractivity (Wildman–Crippen MR) is 116 cm³/mol. The molecule has 0 unspecified atom stereocenters. The number of nitrogens with zero attached hydrogens (tertiary/aromatic N) is 2. The number of hydrogen-bond donors (Lipinski definition) is 2. The van der Waals surface area contributed by atoms with Gasteiger partial charge in [0.25, 0.3) is 5.91 Å². The topological polar surface area (TPSA) is 76.1 Å². The lowest BCUT2D eigenvalue weighted by atomic mass is 10.0. The number of carbonyl (C=O) groups is 1. The Kier molecular flexibility index (Phi) is 6.12. The molecule has 0 aliphatic carbocycles. The minimum atomic E-state index is -0.320. The van der Waals surface area contributed by atoms with E-state index in [2.05, 4.69) is 40.5 Å². The molecule has 150 valence electrons. The van der Waals surface area contributed by atoms with Crippen LogP contribution in [0.25, 0.3) is 0 Å². The van der Waals surface area contributed by atoms with Crippen LogP contribution in [0.5, 0.6) is 5.75 Å². The number of para-hydroxylation sites is 1. The lowest BCUT2D eigenvalue weighted by molar-refractivity contribution is 0.102. The van der Waals surface area contributed by atoms with Crippen LogP contribution in [-0.4, -0.2) is 23.0 Å². The number of anilines is 3. The smallest absolute Gasteiger partial charge is 0.274 e. The first-order valence-corrected chi connectivity index (χ1v) is 9.55. The van der Waals surface area contributed by atoms with Crippen LogP contribution in [0.3, 0.4) is 0 Å². The van der Waals surface area contributed by atoms with Crippen LogP contribution in [0.1, 0.15) is 47.2 Å². The molecule has 6 heteroatoms. The summed E-state index contributed by atoms with van der Waals surface area (Å²) in [6.45, 7) is 8.00. The fourth-order valence-corrected chi connectivity index (χ4v) is 3.11. The number of carbonyl (C=O) groups excluding carboxylic acids is 1. The summed E-state index contributed by atoms with van der Waals surface area (Å²) < 4.78 is 5.34. The molecule has 0 radical (unpaired) electrons. The molecule has 2 N–H and O–H groups in total. The monoisotopic (exact) mass is 390 g/mol. The van der Waals surface area contributed by atoms with Crippen molar-refractivity contribution in [2.45, 2.75) is 33.6 Å². The molecule has 0 aliphatic heterocycles. The van der Waals surface area contributed by atoms with Crippen LogP contribution in [-0.2, 0) is 0 Å². The van der Waals surface area contributed by atoms with E-state index in [1.165, 1.54) is 5.56 Å². The van der Waals surface area contributed by atoms with Gasteiger partial charge in [0, 0.05) is 11.8 Å². The molecule has 1 amide bonds. The second kappa shape index (κ2) is 8.73. The van der Waals surface area contributed by atoms with Gasteiger partial charge in [0.15, 0.2) is 0 Å². The Morgan fingerprint density at radius 3 is 2.48 bits per heavy atom. The number of hydrogen-bond acceptors (Lipinski definition) is 5. The molecule has 1 aromatic heterocycles. The Balaban J connectivity index is 1.88. The van der Waals surface area contributed by atoms with Gasteiger partial charge < -0.3 is 15.4 Å². The number of amides is 1. The maximum absolute atomic E-state index is 12.8. The van der Waals surface area contributed by atoms with Crippen LogP contribution in [0, 0.1) is 13.8 Å². The second-order valence-corrected chi connectivity index (χ2v) is 7.21. The van der Waals surface area contributed by atoms with Gasteiger partial charge in [0.2, 0.25) is 0 Å². The van der Waals surface area contributed by atoms with E-state index in [1.54, 1.807) is 20.1 Å².